The van der Waals surface area contributed by atoms with Crippen LogP contribution in [0.1, 0.15) is 49.3 Å². The van der Waals surface area contributed by atoms with E-state index in [2.05, 4.69) is 18.8 Å². The highest BCUT2D eigenvalue weighted by Crippen LogP contribution is 2.21. The van der Waals surface area contributed by atoms with Crippen LogP contribution in [-0.2, 0) is 13.1 Å². The molecule has 0 bridgehead atoms. The fourth-order valence-electron chi connectivity index (χ4n) is 3.29. The maximum Gasteiger partial charge on any atom is 0.254 e. The van der Waals surface area contributed by atoms with Crippen LogP contribution in [0, 0.1) is 5.82 Å². The second-order valence-corrected chi connectivity index (χ2v) is 6.73. The largest absolute Gasteiger partial charge is 0.331 e. The van der Waals surface area contributed by atoms with Crippen LogP contribution in [0.3, 0.4) is 0 Å². The van der Waals surface area contributed by atoms with Crippen LogP contribution >= 0.6 is 0 Å². The van der Waals surface area contributed by atoms with Gasteiger partial charge in [-0.05, 0) is 37.1 Å². The molecule has 5 heteroatoms. The molecule has 0 saturated carbocycles. The van der Waals surface area contributed by atoms with Crippen LogP contribution in [0.2, 0.25) is 0 Å². The molecule has 0 N–H and O–H groups in total. The van der Waals surface area contributed by atoms with Crippen molar-refractivity contribution in [3.05, 3.63) is 65.7 Å². The van der Waals surface area contributed by atoms with Crippen molar-refractivity contribution in [3.63, 3.8) is 0 Å². The standard InChI is InChI=1S/C22H26FN3O/c1-3-5-15-25(22(27)17-10-7-6-8-11-17)16-20-24-21-18(23)12-9-13-19(21)26(20)14-4-2/h6-13H,3-5,14-16H2,1-2H3. The van der Waals surface area contributed by atoms with Gasteiger partial charge < -0.3 is 9.47 Å². The summed E-state index contributed by atoms with van der Waals surface area (Å²) in [5, 5.41) is 0. The third kappa shape index (κ3) is 4.18. The van der Waals surface area contributed by atoms with E-state index in [0.29, 0.717) is 24.2 Å². The third-order valence-corrected chi connectivity index (χ3v) is 4.68. The number of carbonyl (C=O) groups excluding carboxylic acids is 1. The molecule has 0 aliphatic rings. The number of nitrogens with zero attached hydrogens (tertiary/aromatic N) is 3. The molecule has 0 atom stereocenters. The van der Waals surface area contributed by atoms with Gasteiger partial charge in [-0.3, -0.25) is 4.79 Å². The van der Waals surface area contributed by atoms with Crippen LogP contribution in [0.15, 0.2) is 48.5 Å². The van der Waals surface area contributed by atoms with Gasteiger partial charge in [0.05, 0.1) is 12.1 Å². The average molecular weight is 367 g/mol. The Morgan fingerprint density at radius 3 is 2.56 bits per heavy atom. The summed E-state index contributed by atoms with van der Waals surface area (Å²) in [5.74, 6) is 0.398. The summed E-state index contributed by atoms with van der Waals surface area (Å²) in [4.78, 5) is 19.4. The summed E-state index contributed by atoms with van der Waals surface area (Å²) in [5.41, 5.74) is 1.83. The number of para-hydroxylation sites is 1. The summed E-state index contributed by atoms with van der Waals surface area (Å²) in [6, 6.07) is 14.3. The molecule has 142 valence electrons. The van der Waals surface area contributed by atoms with E-state index in [1.807, 2.05) is 45.9 Å². The van der Waals surface area contributed by atoms with Crippen molar-refractivity contribution >= 4 is 16.9 Å². The molecule has 0 unspecified atom stereocenters. The second-order valence-electron chi connectivity index (χ2n) is 6.73. The molecule has 3 aromatic rings. The molecule has 1 amide bonds. The van der Waals surface area contributed by atoms with Crippen LogP contribution in [0.4, 0.5) is 4.39 Å². The fourth-order valence-corrected chi connectivity index (χ4v) is 3.29. The van der Waals surface area contributed by atoms with Crippen molar-refractivity contribution in [2.24, 2.45) is 0 Å². The van der Waals surface area contributed by atoms with E-state index in [1.54, 1.807) is 6.07 Å². The number of aryl methyl sites for hydroxylation is 1. The molecule has 0 aliphatic carbocycles. The molecule has 4 nitrogen and oxygen atoms in total. The summed E-state index contributed by atoms with van der Waals surface area (Å²) >= 11 is 0. The molecule has 0 saturated heterocycles. The first kappa shape index (κ1) is 19.1. The number of unbranched alkanes of at least 4 members (excludes halogenated alkanes) is 1. The van der Waals surface area contributed by atoms with Crippen molar-refractivity contribution in [3.8, 4) is 0 Å². The highest BCUT2D eigenvalue weighted by molar-refractivity contribution is 5.94. The minimum Gasteiger partial charge on any atom is -0.331 e. The van der Waals surface area contributed by atoms with Crippen LogP contribution in [-0.4, -0.2) is 26.9 Å². The Labute approximate surface area is 159 Å². The Morgan fingerprint density at radius 2 is 1.85 bits per heavy atom. The van der Waals surface area contributed by atoms with E-state index in [1.165, 1.54) is 6.07 Å². The zero-order valence-electron chi connectivity index (χ0n) is 16.0. The summed E-state index contributed by atoms with van der Waals surface area (Å²) < 4.78 is 16.3. The molecule has 3 rings (SSSR count). The number of rotatable bonds is 8. The lowest BCUT2D eigenvalue weighted by molar-refractivity contribution is 0.0735. The molecule has 2 aromatic carbocycles. The Bertz CT molecular complexity index is 905. The quantitative estimate of drug-likeness (QED) is 0.560. The predicted octanol–water partition coefficient (Wildman–Crippen LogP) is 5.03. The summed E-state index contributed by atoms with van der Waals surface area (Å²) in [6.45, 7) is 5.96. The van der Waals surface area contributed by atoms with E-state index < -0.39 is 0 Å². The van der Waals surface area contributed by atoms with Crippen LogP contribution in [0.25, 0.3) is 11.0 Å². The molecular weight excluding hydrogens is 341 g/mol. The normalized spacial score (nSPS) is 11.1. The molecule has 0 fully saturated rings. The Hall–Kier alpha value is -2.69. The van der Waals surface area contributed by atoms with E-state index in [9.17, 15) is 9.18 Å². The smallest absolute Gasteiger partial charge is 0.254 e. The number of halogens is 1. The number of amides is 1. The van der Waals surface area contributed by atoms with Gasteiger partial charge in [-0.15, -0.1) is 0 Å². The van der Waals surface area contributed by atoms with Gasteiger partial charge in [0.25, 0.3) is 5.91 Å². The number of imidazole rings is 1. The third-order valence-electron chi connectivity index (χ3n) is 4.68. The van der Waals surface area contributed by atoms with Crippen molar-refractivity contribution < 1.29 is 9.18 Å². The number of aromatic nitrogens is 2. The first-order valence-electron chi connectivity index (χ1n) is 9.63. The minimum absolute atomic E-state index is 0.0142. The highest BCUT2D eigenvalue weighted by Gasteiger charge is 2.20. The van der Waals surface area contributed by atoms with Crippen molar-refractivity contribution in [1.82, 2.24) is 14.5 Å². The molecule has 0 spiro atoms. The zero-order valence-corrected chi connectivity index (χ0v) is 16.0. The van der Waals surface area contributed by atoms with Gasteiger partial charge in [0.1, 0.15) is 11.3 Å². The number of hydrogen-bond acceptors (Lipinski definition) is 2. The van der Waals surface area contributed by atoms with E-state index in [4.69, 9.17) is 0 Å². The molecule has 27 heavy (non-hydrogen) atoms. The van der Waals surface area contributed by atoms with Gasteiger partial charge in [0, 0.05) is 18.7 Å². The van der Waals surface area contributed by atoms with Gasteiger partial charge >= 0.3 is 0 Å². The first-order valence-corrected chi connectivity index (χ1v) is 9.63. The molecule has 1 aromatic heterocycles. The van der Waals surface area contributed by atoms with Crippen molar-refractivity contribution in [1.29, 1.82) is 0 Å². The number of benzene rings is 2. The summed E-state index contributed by atoms with van der Waals surface area (Å²) in [6.07, 6.45) is 2.83. The summed E-state index contributed by atoms with van der Waals surface area (Å²) in [7, 11) is 0. The van der Waals surface area contributed by atoms with Gasteiger partial charge in [-0.25, -0.2) is 9.37 Å². The number of hydrogen-bond donors (Lipinski definition) is 0. The van der Waals surface area contributed by atoms with Crippen molar-refractivity contribution in [2.45, 2.75) is 46.2 Å². The average Bonchev–Trinajstić information content (AvgIpc) is 3.04. The van der Waals surface area contributed by atoms with E-state index in [-0.39, 0.29) is 11.7 Å². The minimum atomic E-state index is -0.321. The van der Waals surface area contributed by atoms with Gasteiger partial charge in [-0.2, -0.15) is 0 Å². The van der Waals surface area contributed by atoms with Crippen LogP contribution < -0.4 is 0 Å². The lowest BCUT2D eigenvalue weighted by Gasteiger charge is -2.23. The second kappa shape index (κ2) is 8.80. The fraction of sp³-hybridized carbons (Fsp3) is 0.364. The maximum absolute atomic E-state index is 14.2. The van der Waals surface area contributed by atoms with Gasteiger partial charge in [0.2, 0.25) is 0 Å². The van der Waals surface area contributed by atoms with Gasteiger partial charge in [-0.1, -0.05) is 44.5 Å². The van der Waals surface area contributed by atoms with E-state index >= 15 is 0 Å². The van der Waals surface area contributed by atoms with Crippen LogP contribution in [0.5, 0.6) is 0 Å². The Kier molecular flexibility index (Phi) is 6.22. The molecule has 0 aliphatic heterocycles. The van der Waals surface area contributed by atoms with Gasteiger partial charge in [0.15, 0.2) is 5.82 Å². The first-order chi connectivity index (χ1) is 13.2. The van der Waals surface area contributed by atoms with E-state index in [0.717, 1.165) is 37.1 Å². The topological polar surface area (TPSA) is 38.1 Å². The maximum atomic E-state index is 14.2. The molecule has 0 radical (unpaired) electrons. The number of carbonyl (C=O) groups is 1. The lowest BCUT2D eigenvalue weighted by Crippen LogP contribution is -2.32. The predicted molar refractivity (Wildman–Crippen MR) is 106 cm³/mol. The Balaban J connectivity index is 1.96. The number of fused-ring (bicyclic) bond motifs is 1. The zero-order chi connectivity index (χ0) is 19.2. The SMILES string of the molecule is CCCCN(Cc1nc2c(F)cccc2n1CCC)C(=O)c1ccccc1. The molecular formula is C22H26FN3O. The lowest BCUT2D eigenvalue weighted by atomic mass is 10.2. The molecule has 1 heterocycles. The highest BCUT2D eigenvalue weighted by atomic mass is 19.1. The Morgan fingerprint density at radius 1 is 1.07 bits per heavy atom. The van der Waals surface area contributed by atoms with Crippen molar-refractivity contribution in [2.75, 3.05) is 6.54 Å². The monoisotopic (exact) mass is 367 g/mol.